The van der Waals surface area contributed by atoms with E-state index >= 15 is 0 Å². The molecule has 0 unspecified atom stereocenters. The number of halogens is 1. The van der Waals surface area contributed by atoms with E-state index in [0.717, 1.165) is 12.0 Å². The number of pyridine rings is 1. The highest BCUT2D eigenvalue weighted by molar-refractivity contribution is 5.78. The van der Waals surface area contributed by atoms with Crippen molar-refractivity contribution < 1.29 is 9.18 Å². The third kappa shape index (κ3) is 3.88. The van der Waals surface area contributed by atoms with Crippen LogP contribution in [0.1, 0.15) is 11.1 Å². The van der Waals surface area contributed by atoms with Crippen LogP contribution in [-0.2, 0) is 17.6 Å². The molecule has 0 aliphatic carbocycles. The largest absolute Gasteiger partial charge is 0.345 e. The fraction of sp³-hybridized carbons (Fsp3) is 0.250. The maximum Gasteiger partial charge on any atom is 0.226 e. The molecule has 0 aliphatic rings. The van der Waals surface area contributed by atoms with Gasteiger partial charge in [0.1, 0.15) is 5.82 Å². The van der Waals surface area contributed by atoms with Gasteiger partial charge in [0.25, 0.3) is 0 Å². The molecule has 104 valence electrons. The number of hydrogen-bond acceptors (Lipinski definition) is 2. The number of benzene rings is 1. The number of rotatable bonds is 5. The van der Waals surface area contributed by atoms with Crippen LogP contribution < -0.4 is 0 Å². The van der Waals surface area contributed by atoms with Crippen molar-refractivity contribution in [3.05, 3.63) is 65.7 Å². The highest BCUT2D eigenvalue weighted by Gasteiger charge is 2.12. The Morgan fingerprint density at radius 2 is 1.90 bits per heavy atom. The van der Waals surface area contributed by atoms with Crippen LogP contribution in [0, 0.1) is 5.82 Å². The molecule has 2 aromatic rings. The lowest BCUT2D eigenvalue weighted by atomic mass is 10.1. The Morgan fingerprint density at radius 3 is 2.60 bits per heavy atom. The smallest absolute Gasteiger partial charge is 0.226 e. The van der Waals surface area contributed by atoms with Crippen molar-refractivity contribution >= 4 is 5.91 Å². The normalized spacial score (nSPS) is 10.3. The highest BCUT2D eigenvalue weighted by Crippen LogP contribution is 2.08. The summed E-state index contributed by atoms with van der Waals surface area (Å²) in [6.45, 7) is 0.608. The Kier molecular flexibility index (Phi) is 4.82. The summed E-state index contributed by atoms with van der Waals surface area (Å²) >= 11 is 0. The zero-order chi connectivity index (χ0) is 14.4. The lowest BCUT2D eigenvalue weighted by Gasteiger charge is -2.17. The molecule has 0 bridgehead atoms. The van der Waals surface area contributed by atoms with E-state index in [-0.39, 0.29) is 18.1 Å². The molecule has 4 heteroatoms. The molecule has 0 saturated carbocycles. The number of aromatic nitrogens is 1. The molecule has 0 radical (unpaired) electrons. The second-order valence-corrected chi connectivity index (χ2v) is 4.69. The average Bonchev–Trinajstić information content (AvgIpc) is 2.48. The molecule has 0 saturated heterocycles. The zero-order valence-electron chi connectivity index (χ0n) is 11.4. The van der Waals surface area contributed by atoms with Gasteiger partial charge in [0, 0.05) is 26.0 Å². The van der Waals surface area contributed by atoms with Crippen molar-refractivity contribution in [1.29, 1.82) is 0 Å². The monoisotopic (exact) mass is 272 g/mol. The van der Waals surface area contributed by atoms with E-state index in [2.05, 4.69) is 4.98 Å². The summed E-state index contributed by atoms with van der Waals surface area (Å²) in [6, 6.07) is 10.2. The first kappa shape index (κ1) is 14.2. The lowest BCUT2D eigenvalue weighted by Crippen LogP contribution is -2.30. The van der Waals surface area contributed by atoms with Crippen molar-refractivity contribution in [2.75, 3.05) is 13.6 Å². The van der Waals surface area contributed by atoms with Crippen molar-refractivity contribution in [2.45, 2.75) is 12.8 Å². The number of carbonyl (C=O) groups is 1. The fourth-order valence-electron chi connectivity index (χ4n) is 1.91. The van der Waals surface area contributed by atoms with Crippen molar-refractivity contribution in [1.82, 2.24) is 9.88 Å². The van der Waals surface area contributed by atoms with Gasteiger partial charge in [-0.3, -0.25) is 9.78 Å². The summed E-state index contributed by atoms with van der Waals surface area (Å²) in [4.78, 5) is 17.6. The number of nitrogens with zero attached hydrogens (tertiary/aromatic N) is 2. The fourth-order valence-corrected chi connectivity index (χ4v) is 1.91. The van der Waals surface area contributed by atoms with Crippen LogP contribution in [0.5, 0.6) is 0 Å². The average molecular weight is 272 g/mol. The van der Waals surface area contributed by atoms with Gasteiger partial charge in [-0.15, -0.1) is 0 Å². The van der Waals surface area contributed by atoms with Gasteiger partial charge in [0.05, 0.1) is 6.42 Å². The van der Waals surface area contributed by atoms with Gasteiger partial charge in [0.15, 0.2) is 0 Å². The summed E-state index contributed by atoms with van der Waals surface area (Å²) in [5.74, 6) is -0.410. The molecule has 0 aliphatic heterocycles. The Labute approximate surface area is 118 Å². The molecule has 1 aromatic heterocycles. The molecule has 0 atom stereocenters. The topological polar surface area (TPSA) is 33.2 Å². The molecule has 2 rings (SSSR count). The molecule has 0 spiro atoms. The van der Waals surface area contributed by atoms with Gasteiger partial charge in [-0.05, 0) is 35.7 Å². The van der Waals surface area contributed by atoms with Gasteiger partial charge in [0.2, 0.25) is 5.91 Å². The number of hydrogen-bond donors (Lipinski definition) is 0. The predicted molar refractivity (Wildman–Crippen MR) is 75.7 cm³/mol. The maximum absolute atomic E-state index is 13.5. The van der Waals surface area contributed by atoms with Gasteiger partial charge < -0.3 is 4.90 Å². The second-order valence-electron chi connectivity index (χ2n) is 4.69. The van der Waals surface area contributed by atoms with Crippen molar-refractivity contribution in [2.24, 2.45) is 0 Å². The highest BCUT2D eigenvalue weighted by atomic mass is 19.1. The van der Waals surface area contributed by atoms with Crippen LogP contribution in [0.2, 0.25) is 0 Å². The van der Waals surface area contributed by atoms with E-state index in [0.29, 0.717) is 12.1 Å². The van der Waals surface area contributed by atoms with Crippen LogP contribution in [0.15, 0.2) is 48.8 Å². The SMILES string of the molecule is CN(CCc1ccncc1)C(=O)Cc1ccccc1F. The maximum atomic E-state index is 13.5. The minimum Gasteiger partial charge on any atom is -0.345 e. The predicted octanol–water partition coefficient (Wildman–Crippen LogP) is 2.46. The molecule has 20 heavy (non-hydrogen) atoms. The van der Waals surface area contributed by atoms with Crippen LogP contribution in [-0.4, -0.2) is 29.4 Å². The van der Waals surface area contributed by atoms with E-state index in [9.17, 15) is 9.18 Å². The van der Waals surface area contributed by atoms with Crippen LogP contribution >= 0.6 is 0 Å². The van der Waals surface area contributed by atoms with E-state index in [1.54, 1.807) is 42.5 Å². The van der Waals surface area contributed by atoms with E-state index in [4.69, 9.17) is 0 Å². The first-order chi connectivity index (χ1) is 9.66. The molecule has 1 heterocycles. The standard InChI is InChI=1S/C16H17FN2O/c1-19(11-8-13-6-9-18-10-7-13)16(20)12-14-4-2-3-5-15(14)17/h2-7,9-10H,8,11-12H2,1H3. The number of likely N-dealkylation sites (N-methyl/N-ethyl adjacent to an activating group) is 1. The summed E-state index contributed by atoms with van der Waals surface area (Å²) in [5, 5.41) is 0. The minimum atomic E-state index is -0.330. The van der Waals surface area contributed by atoms with E-state index < -0.39 is 0 Å². The van der Waals surface area contributed by atoms with Gasteiger partial charge in [-0.2, -0.15) is 0 Å². The zero-order valence-corrected chi connectivity index (χ0v) is 11.4. The summed E-state index contributed by atoms with van der Waals surface area (Å²) < 4.78 is 13.5. The van der Waals surface area contributed by atoms with Gasteiger partial charge in [-0.1, -0.05) is 18.2 Å². The first-order valence-corrected chi connectivity index (χ1v) is 6.53. The third-order valence-electron chi connectivity index (χ3n) is 3.21. The molecule has 3 nitrogen and oxygen atoms in total. The molecule has 1 amide bonds. The third-order valence-corrected chi connectivity index (χ3v) is 3.21. The molecule has 1 aromatic carbocycles. The summed E-state index contributed by atoms with van der Waals surface area (Å²) in [7, 11) is 1.74. The van der Waals surface area contributed by atoms with Crippen molar-refractivity contribution in [3.8, 4) is 0 Å². The lowest BCUT2D eigenvalue weighted by molar-refractivity contribution is -0.129. The second kappa shape index (κ2) is 6.80. The van der Waals surface area contributed by atoms with Crippen molar-refractivity contribution in [3.63, 3.8) is 0 Å². The Morgan fingerprint density at radius 1 is 1.20 bits per heavy atom. The quantitative estimate of drug-likeness (QED) is 0.837. The molecule has 0 N–H and O–H groups in total. The van der Waals surface area contributed by atoms with E-state index in [1.807, 2.05) is 12.1 Å². The number of amides is 1. The molecule has 0 fully saturated rings. The van der Waals surface area contributed by atoms with Crippen LogP contribution in [0.3, 0.4) is 0 Å². The first-order valence-electron chi connectivity index (χ1n) is 6.53. The van der Waals surface area contributed by atoms with Crippen LogP contribution in [0.4, 0.5) is 4.39 Å². The Hall–Kier alpha value is -2.23. The van der Waals surface area contributed by atoms with Gasteiger partial charge >= 0.3 is 0 Å². The Bertz CT molecular complexity index is 572. The van der Waals surface area contributed by atoms with Gasteiger partial charge in [-0.25, -0.2) is 4.39 Å². The Balaban J connectivity index is 1.88. The summed E-state index contributed by atoms with van der Waals surface area (Å²) in [5.41, 5.74) is 1.57. The minimum absolute atomic E-state index is 0.0795. The summed E-state index contributed by atoms with van der Waals surface area (Å²) in [6.07, 6.45) is 4.33. The molecular formula is C16H17FN2O. The van der Waals surface area contributed by atoms with Crippen LogP contribution in [0.25, 0.3) is 0 Å². The number of carbonyl (C=O) groups excluding carboxylic acids is 1. The van der Waals surface area contributed by atoms with E-state index in [1.165, 1.54) is 6.07 Å². The molecular weight excluding hydrogens is 255 g/mol.